The van der Waals surface area contributed by atoms with E-state index in [2.05, 4.69) is 0 Å². The fraction of sp³-hybridized carbons (Fsp3) is 0.571. The lowest BCUT2D eigenvalue weighted by molar-refractivity contribution is 0.174. The minimum absolute atomic E-state index is 0.0103. The van der Waals surface area contributed by atoms with Crippen LogP contribution in [0.2, 0.25) is 0 Å². The minimum Gasteiger partial charge on any atom is -0.396 e. The molecular formula is C14H18F2O. The second-order valence-electron chi connectivity index (χ2n) is 4.89. The summed E-state index contributed by atoms with van der Waals surface area (Å²) in [5, 5.41) is 9.38. The van der Waals surface area contributed by atoms with E-state index in [1.165, 1.54) is 31.0 Å². The van der Waals surface area contributed by atoms with Crippen molar-refractivity contribution >= 4 is 0 Å². The molecule has 1 unspecified atom stereocenters. The zero-order chi connectivity index (χ0) is 12.3. The third kappa shape index (κ3) is 2.83. The maximum Gasteiger partial charge on any atom is 0.129 e. The molecule has 3 heteroatoms. The summed E-state index contributed by atoms with van der Waals surface area (Å²) in [6, 6.07) is 3.93. The van der Waals surface area contributed by atoms with Crippen molar-refractivity contribution in [2.75, 3.05) is 6.61 Å². The number of halogens is 2. The van der Waals surface area contributed by atoms with Gasteiger partial charge in [-0.15, -0.1) is 0 Å². The van der Waals surface area contributed by atoms with Crippen LogP contribution in [0, 0.1) is 23.5 Å². The van der Waals surface area contributed by atoms with Crippen LogP contribution in [0.3, 0.4) is 0 Å². The van der Waals surface area contributed by atoms with E-state index in [-0.39, 0.29) is 18.1 Å². The molecule has 1 saturated carbocycles. The largest absolute Gasteiger partial charge is 0.396 e. The molecule has 0 aromatic heterocycles. The van der Waals surface area contributed by atoms with Crippen molar-refractivity contribution in [2.45, 2.75) is 32.1 Å². The Hall–Kier alpha value is -0.960. The summed E-state index contributed by atoms with van der Waals surface area (Å²) in [7, 11) is 0. The van der Waals surface area contributed by atoms with E-state index in [1.807, 2.05) is 0 Å². The summed E-state index contributed by atoms with van der Waals surface area (Å²) in [4.78, 5) is 0. The molecule has 1 aromatic rings. The standard InChI is InChI=1S/C14H18F2O/c15-13-6-3-7-14(16)12(13)8-11(9-17)10-4-1-2-5-10/h3,6-7,10-11,17H,1-2,4-5,8-9H2. The van der Waals surface area contributed by atoms with E-state index in [4.69, 9.17) is 0 Å². The van der Waals surface area contributed by atoms with Gasteiger partial charge in [0, 0.05) is 12.2 Å². The predicted octanol–water partition coefficient (Wildman–Crippen LogP) is 3.31. The van der Waals surface area contributed by atoms with Gasteiger partial charge in [0.15, 0.2) is 0 Å². The van der Waals surface area contributed by atoms with Crippen LogP contribution in [0.25, 0.3) is 0 Å². The van der Waals surface area contributed by atoms with Gasteiger partial charge < -0.3 is 5.11 Å². The van der Waals surface area contributed by atoms with Crippen molar-refractivity contribution in [2.24, 2.45) is 11.8 Å². The molecule has 0 heterocycles. The van der Waals surface area contributed by atoms with Gasteiger partial charge in [-0.25, -0.2) is 8.78 Å². The maximum absolute atomic E-state index is 13.5. The molecule has 0 radical (unpaired) electrons. The molecule has 2 rings (SSSR count). The molecular weight excluding hydrogens is 222 g/mol. The van der Waals surface area contributed by atoms with Gasteiger partial charge >= 0.3 is 0 Å². The Morgan fingerprint density at radius 2 is 1.76 bits per heavy atom. The lowest BCUT2D eigenvalue weighted by Crippen LogP contribution is -2.20. The molecule has 1 N–H and O–H groups in total. The Labute approximate surface area is 100 Å². The highest BCUT2D eigenvalue weighted by Crippen LogP contribution is 2.33. The molecule has 0 amide bonds. The number of aliphatic hydroxyl groups is 1. The van der Waals surface area contributed by atoms with Gasteiger partial charge in [-0.3, -0.25) is 0 Å². The summed E-state index contributed by atoms with van der Waals surface area (Å²) in [5.74, 6) is -0.592. The van der Waals surface area contributed by atoms with Crippen LogP contribution in [-0.4, -0.2) is 11.7 Å². The highest BCUT2D eigenvalue weighted by molar-refractivity contribution is 5.20. The summed E-state index contributed by atoms with van der Waals surface area (Å²) >= 11 is 0. The molecule has 0 aliphatic heterocycles. The van der Waals surface area contributed by atoms with Crippen molar-refractivity contribution in [3.8, 4) is 0 Å². The number of aliphatic hydroxyl groups excluding tert-OH is 1. The highest BCUT2D eigenvalue weighted by atomic mass is 19.1. The average molecular weight is 240 g/mol. The predicted molar refractivity (Wildman–Crippen MR) is 62.6 cm³/mol. The van der Waals surface area contributed by atoms with E-state index < -0.39 is 11.6 Å². The molecule has 17 heavy (non-hydrogen) atoms. The molecule has 1 nitrogen and oxygen atoms in total. The smallest absolute Gasteiger partial charge is 0.129 e. The van der Waals surface area contributed by atoms with Crippen LogP contribution < -0.4 is 0 Å². The van der Waals surface area contributed by atoms with Gasteiger partial charge in [0.1, 0.15) is 11.6 Å². The Morgan fingerprint density at radius 1 is 1.18 bits per heavy atom. The van der Waals surface area contributed by atoms with Crippen molar-refractivity contribution in [3.05, 3.63) is 35.4 Å². The van der Waals surface area contributed by atoms with Gasteiger partial charge in [-0.05, 0) is 30.4 Å². The van der Waals surface area contributed by atoms with Gasteiger partial charge in [0.25, 0.3) is 0 Å². The third-order valence-corrected chi connectivity index (χ3v) is 3.83. The first-order chi connectivity index (χ1) is 8.22. The van der Waals surface area contributed by atoms with Crippen LogP contribution in [0.15, 0.2) is 18.2 Å². The van der Waals surface area contributed by atoms with Gasteiger partial charge in [0.05, 0.1) is 0 Å². The molecule has 1 atom stereocenters. The first-order valence-electron chi connectivity index (χ1n) is 6.26. The Bertz CT molecular complexity index is 352. The van der Waals surface area contributed by atoms with Crippen LogP contribution >= 0.6 is 0 Å². The fourth-order valence-corrected chi connectivity index (χ4v) is 2.80. The number of hydrogen-bond donors (Lipinski definition) is 1. The third-order valence-electron chi connectivity index (χ3n) is 3.83. The monoisotopic (exact) mass is 240 g/mol. The second kappa shape index (κ2) is 5.58. The molecule has 1 aromatic carbocycles. The van der Waals surface area contributed by atoms with Crippen LogP contribution in [0.5, 0.6) is 0 Å². The zero-order valence-corrected chi connectivity index (χ0v) is 9.83. The topological polar surface area (TPSA) is 20.2 Å². The molecule has 94 valence electrons. The normalized spacial score (nSPS) is 18.5. The average Bonchev–Trinajstić information content (AvgIpc) is 2.82. The Morgan fingerprint density at radius 3 is 2.29 bits per heavy atom. The van der Waals surface area contributed by atoms with Crippen molar-refractivity contribution in [1.29, 1.82) is 0 Å². The first-order valence-corrected chi connectivity index (χ1v) is 6.26. The molecule has 1 aliphatic carbocycles. The number of hydrogen-bond acceptors (Lipinski definition) is 1. The molecule has 1 aliphatic rings. The lowest BCUT2D eigenvalue weighted by Gasteiger charge is -2.21. The van der Waals surface area contributed by atoms with Gasteiger partial charge in [0.2, 0.25) is 0 Å². The van der Waals surface area contributed by atoms with Crippen molar-refractivity contribution in [1.82, 2.24) is 0 Å². The fourth-order valence-electron chi connectivity index (χ4n) is 2.80. The van der Waals surface area contributed by atoms with E-state index in [9.17, 15) is 13.9 Å². The van der Waals surface area contributed by atoms with Crippen LogP contribution in [0.4, 0.5) is 8.78 Å². The minimum atomic E-state index is -0.499. The second-order valence-corrected chi connectivity index (χ2v) is 4.89. The van der Waals surface area contributed by atoms with Gasteiger partial charge in [-0.2, -0.15) is 0 Å². The van der Waals surface area contributed by atoms with E-state index in [1.54, 1.807) is 0 Å². The summed E-state index contributed by atoms with van der Waals surface area (Å²) in [5.41, 5.74) is 0.124. The maximum atomic E-state index is 13.5. The van der Waals surface area contributed by atoms with E-state index >= 15 is 0 Å². The number of rotatable bonds is 4. The SMILES string of the molecule is OCC(Cc1c(F)cccc1F)C1CCCC1. The molecule has 0 spiro atoms. The Kier molecular flexibility index (Phi) is 4.11. The zero-order valence-electron chi connectivity index (χ0n) is 9.83. The van der Waals surface area contributed by atoms with Crippen molar-refractivity contribution < 1.29 is 13.9 Å². The quantitative estimate of drug-likeness (QED) is 0.856. The lowest BCUT2D eigenvalue weighted by atomic mass is 9.86. The van der Waals surface area contributed by atoms with Crippen LogP contribution in [0.1, 0.15) is 31.2 Å². The summed E-state index contributed by atoms with van der Waals surface area (Å²) < 4.78 is 27.0. The Balaban J connectivity index is 2.12. The van der Waals surface area contributed by atoms with Crippen molar-refractivity contribution in [3.63, 3.8) is 0 Å². The highest BCUT2D eigenvalue weighted by Gasteiger charge is 2.26. The summed E-state index contributed by atoms with van der Waals surface area (Å²) in [6.07, 6.45) is 4.78. The molecule has 0 bridgehead atoms. The summed E-state index contributed by atoms with van der Waals surface area (Å²) in [6.45, 7) is 0.0123. The molecule has 1 fully saturated rings. The first kappa shape index (κ1) is 12.5. The molecule has 0 saturated heterocycles. The van der Waals surface area contributed by atoms with E-state index in [0.29, 0.717) is 12.3 Å². The number of benzene rings is 1. The van der Waals surface area contributed by atoms with E-state index in [0.717, 1.165) is 12.8 Å². The van der Waals surface area contributed by atoms with Crippen LogP contribution in [-0.2, 0) is 6.42 Å². The van der Waals surface area contributed by atoms with Gasteiger partial charge in [-0.1, -0.05) is 31.7 Å².